The molecule has 1 aromatic heterocycles. The number of aliphatic hydroxyl groups excluding tert-OH is 1. The van der Waals surface area contributed by atoms with Crippen molar-refractivity contribution >= 4 is 33.9 Å². The maximum atomic E-state index is 12.8. The third kappa shape index (κ3) is 6.47. The molecule has 2 aromatic carbocycles. The maximum absolute atomic E-state index is 12.8. The van der Waals surface area contributed by atoms with Crippen LogP contribution in [0.5, 0.6) is 5.75 Å². The first-order chi connectivity index (χ1) is 18.4. The first kappa shape index (κ1) is 26.6. The molecule has 4 rings (SSSR count). The molecule has 0 saturated carbocycles. The SMILES string of the molecule is C#Cc1cccc(Nc2c(C#N)cnc3cc(O[C@H]4CCOC4)c(NC(=O)/C=C/CN(C)[C@H](C)O)cc23)c1. The van der Waals surface area contributed by atoms with Gasteiger partial charge in [0.15, 0.2) is 0 Å². The van der Waals surface area contributed by atoms with Crippen LogP contribution in [0.1, 0.15) is 24.5 Å². The predicted octanol–water partition coefficient (Wildman–Crippen LogP) is 3.76. The zero-order valence-corrected chi connectivity index (χ0v) is 21.3. The van der Waals surface area contributed by atoms with Crippen LogP contribution in [0.25, 0.3) is 10.9 Å². The van der Waals surface area contributed by atoms with Gasteiger partial charge in [0.05, 0.1) is 35.7 Å². The molecule has 0 radical (unpaired) electrons. The normalized spacial score (nSPS) is 15.8. The van der Waals surface area contributed by atoms with E-state index >= 15 is 0 Å². The van der Waals surface area contributed by atoms with Crippen molar-refractivity contribution in [2.24, 2.45) is 0 Å². The minimum Gasteiger partial charge on any atom is -0.486 e. The number of nitrogens with zero attached hydrogens (tertiary/aromatic N) is 3. The van der Waals surface area contributed by atoms with Crippen molar-refractivity contribution in [3.8, 4) is 24.2 Å². The maximum Gasteiger partial charge on any atom is 0.248 e. The largest absolute Gasteiger partial charge is 0.486 e. The van der Waals surface area contributed by atoms with E-state index in [9.17, 15) is 15.2 Å². The van der Waals surface area contributed by atoms with Gasteiger partial charge in [-0.2, -0.15) is 5.26 Å². The molecule has 0 bridgehead atoms. The van der Waals surface area contributed by atoms with E-state index in [0.717, 1.165) is 6.42 Å². The van der Waals surface area contributed by atoms with E-state index in [1.54, 1.807) is 37.1 Å². The first-order valence-corrected chi connectivity index (χ1v) is 12.2. The second kappa shape index (κ2) is 12.2. The highest BCUT2D eigenvalue weighted by Crippen LogP contribution is 2.37. The number of anilines is 3. The van der Waals surface area contributed by atoms with Crippen LogP contribution in [-0.4, -0.2) is 60.0 Å². The minimum absolute atomic E-state index is 0.152. The quantitative estimate of drug-likeness (QED) is 0.226. The summed E-state index contributed by atoms with van der Waals surface area (Å²) in [7, 11) is 1.75. The molecule has 0 unspecified atom stereocenters. The zero-order valence-electron chi connectivity index (χ0n) is 21.3. The lowest BCUT2D eigenvalue weighted by Crippen LogP contribution is -2.28. The van der Waals surface area contributed by atoms with Crippen molar-refractivity contribution in [1.82, 2.24) is 9.88 Å². The Hall–Kier alpha value is -4.41. The summed E-state index contributed by atoms with van der Waals surface area (Å²) in [4.78, 5) is 18.9. The summed E-state index contributed by atoms with van der Waals surface area (Å²) in [5, 5.41) is 26.2. The van der Waals surface area contributed by atoms with Gasteiger partial charge in [-0.15, -0.1) is 6.42 Å². The lowest BCUT2D eigenvalue weighted by atomic mass is 10.1. The third-order valence-electron chi connectivity index (χ3n) is 6.13. The van der Waals surface area contributed by atoms with Crippen LogP contribution in [0.2, 0.25) is 0 Å². The van der Waals surface area contributed by atoms with Gasteiger partial charge >= 0.3 is 0 Å². The molecule has 194 valence electrons. The molecule has 1 aliphatic rings. The number of rotatable bonds is 9. The van der Waals surface area contributed by atoms with Gasteiger partial charge in [-0.25, -0.2) is 0 Å². The fourth-order valence-electron chi connectivity index (χ4n) is 3.90. The molecule has 9 nitrogen and oxygen atoms in total. The number of carbonyl (C=O) groups is 1. The van der Waals surface area contributed by atoms with Crippen molar-refractivity contribution in [2.45, 2.75) is 25.7 Å². The van der Waals surface area contributed by atoms with Crippen LogP contribution >= 0.6 is 0 Å². The van der Waals surface area contributed by atoms with E-state index in [1.165, 1.54) is 12.3 Å². The molecule has 0 spiro atoms. The molecule has 0 aliphatic carbocycles. The van der Waals surface area contributed by atoms with Gasteiger partial charge in [-0.05, 0) is 38.2 Å². The minimum atomic E-state index is -0.633. The van der Waals surface area contributed by atoms with Crippen molar-refractivity contribution in [1.29, 1.82) is 5.26 Å². The van der Waals surface area contributed by atoms with Crippen molar-refractivity contribution in [2.75, 3.05) is 37.4 Å². The highest BCUT2D eigenvalue weighted by molar-refractivity contribution is 6.04. The number of carbonyl (C=O) groups excluding carboxylic acids is 1. The van der Waals surface area contributed by atoms with Gasteiger partial charge in [0.25, 0.3) is 0 Å². The molecule has 38 heavy (non-hydrogen) atoms. The highest BCUT2D eigenvalue weighted by Gasteiger charge is 2.21. The standard InChI is InChI=1S/C29H29N5O4/c1-4-20-7-5-8-22(13-20)32-29-21(16-30)17-31-25-15-27(38-23-10-12-37-18-23)26(14-24(25)29)33-28(36)9-6-11-34(3)19(2)35/h1,5-9,13-15,17,19,23,35H,10-12,18H2,2-3H3,(H,31,32)(H,33,36)/b9-6+/t19-,23-/m0/s1. The lowest BCUT2D eigenvalue weighted by molar-refractivity contribution is -0.112. The van der Waals surface area contributed by atoms with Gasteiger partial charge < -0.3 is 25.2 Å². The summed E-state index contributed by atoms with van der Waals surface area (Å²) in [5.41, 5.74) is 3.29. The van der Waals surface area contributed by atoms with Gasteiger partial charge in [-0.1, -0.05) is 18.1 Å². The van der Waals surface area contributed by atoms with Crippen molar-refractivity contribution in [3.05, 3.63) is 65.9 Å². The van der Waals surface area contributed by atoms with E-state index in [-0.39, 0.29) is 12.0 Å². The van der Waals surface area contributed by atoms with Crippen LogP contribution in [0.15, 0.2) is 54.7 Å². The number of hydrogen-bond donors (Lipinski definition) is 3. The summed E-state index contributed by atoms with van der Waals surface area (Å²) >= 11 is 0. The number of nitriles is 1. The molecule has 1 aliphatic heterocycles. The van der Waals surface area contributed by atoms with Gasteiger partial charge in [0.2, 0.25) is 5.91 Å². The number of benzene rings is 2. The summed E-state index contributed by atoms with van der Waals surface area (Å²) in [6.45, 7) is 3.10. The molecule has 1 amide bonds. The number of hydrogen-bond acceptors (Lipinski definition) is 8. The van der Waals surface area contributed by atoms with Gasteiger partial charge in [0, 0.05) is 47.9 Å². The number of fused-ring (bicyclic) bond motifs is 1. The van der Waals surface area contributed by atoms with Crippen LogP contribution in [-0.2, 0) is 9.53 Å². The zero-order chi connectivity index (χ0) is 27.1. The number of likely N-dealkylation sites (N-methyl/N-ethyl adjacent to an activating group) is 1. The summed E-state index contributed by atoms with van der Waals surface area (Å²) in [5.74, 6) is 2.69. The Bertz CT molecular complexity index is 1430. The summed E-state index contributed by atoms with van der Waals surface area (Å²) < 4.78 is 11.6. The van der Waals surface area contributed by atoms with Crippen LogP contribution in [0.3, 0.4) is 0 Å². The third-order valence-corrected chi connectivity index (χ3v) is 6.13. The van der Waals surface area contributed by atoms with Gasteiger partial charge in [-0.3, -0.25) is 14.7 Å². The predicted molar refractivity (Wildman–Crippen MR) is 146 cm³/mol. The molecule has 2 heterocycles. The average Bonchev–Trinajstić information content (AvgIpc) is 3.42. The highest BCUT2D eigenvalue weighted by atomic mass is 16.5. The fraction of sp³-hybridized carbons (Fsp3) is 0.276. The van der Waals surface area contributed by atoms with E-state index in [2.05, 4.69) is 27.6 Å². The number of nitrogens with one attached hydrogen (secondary N) is 2. The smallest absolute Gasteiger partial charge is 0.248 e. The summed E-state index contributed by atoms with van der Waals surface area (Å²) in [6.07, 6.45) is 10.1. The summed E-state index contributed by atoms with van der Waals surface area (Å²) in [6, 6.07) is 13.0. The second-order valence-corrected chi connectivity index (χ2v) is 8.94. The number of terminal acetylenes is 1. The Morgan fingerprint density at radius 1 is 1.42 bits per heavy atom. The number of amides is 1. The lowest BCUT2D eigenvalue weighted by Gasteiger charge is -2.19. The molecular weight excluding hydrogens is 482 g/mol. The van der Waals surface area contributed by atoms with Crippen molar-refractivity contribution in [3.63, 3.8) is 0 Å². The molecule has 1 saturated heterocycles. The first-order valence-electron chi connectivity index (χ1n) is 12.2. The Morgan fingerprint density at radius 3 is 2.97 bits per heavy atom. The second-order valence-electron chi connectivity index (χ2n) is 8.94. The average molecular weight is 512 g/mol. The molecule has 2 atom stereocenters. The Balaban J connectivity index is 1.72. The number of aliphatic hydroxyl groups is 1. The van der Waals surface area contributed by atoms with Crippen LogP contribution < -0.4 is 15.4 Å². The van der Waals surface area contributed by atoms with Crippen LogP contribution in [0.4, 0.5) is 17.1 Å². The fourth-order valence-corrected chi connectivity index (χ4v) is 3.90. The number of aromatic nitrogens is 1. The molecule has 3 aromatic rings. The van der Waals surface area contributed by atoms with E-state index in [1.807, 2.05) is 24.3 Å². The molecule has 9 heteroatoms. The Labute approximate surface area is 221 Å². The van der Waals surface area contributed by atoms with Gasteiger partial charge in [0.1, 0.15) is 24.2 Å². The van der Waals surface area contributed by atoms with E-state index < -0.39 is 6.23 Å². The topological polar surface area (TPSA) is 120 Å². The monoisotopic (exact) mass is 511 g/mol. The van der Waals surface area contributed by atoms with E-state index in [4.69, 9.17) is 15.9 Å². The molecule has 1 fully saturated rings. The Morgan fingerprint density at radius 2 is 2.26 bits per heavy atom. The van der Waals surface area contributed by atoms with Crippen LogP contribution in [0, 0.1) is 23.7 Å². The molecular formula is C29H29N5O4. The van der Waals surface area contributed by atoms with Crippen molar-refractivity contribution < 1.29 is 19.4 Å². The van der Waals surface area contributed by atoms with E-state index in [0.29, 0.717) is 64.6 Å². The molecule has 3 N–H and O–H groups in total. The number of ether oxygens (including phenoxy) is 2. The number of pyridine rings is 1. The Kier molecular flexibility index (Phi) is 8.57.